The van der Waals surface area contributed by atoms with Crippen LogP contribution >= 0.6 is 15.9 Å². The predicted molar refractivity (Wildman–Crippen MR) is 77.8 cm³/mol. The molecule has 0 unspecified atom stereocenters. The highest BCUT2D eigenvalue weighted by atomic mass is 79.9. The molecule has 1 aromatic carbocycles. The van der Waals surface area contributed by atoms with E-state index in [-0.39, 0.29) is 0 Å². The topological polar surface area (TPSA) is 17.3 Å². The van der Waals surface area contributed by atoms with Gasteiger partial charge in [-0.3, -0.25) is 0 Å². The molecule has 0 amide bonds. The summed E-state index contributed by atoms with van der Waals surface area (Å²) in [5, 5.41) is 0. The zero-order chi connectivity index (χ0) is 12.7. The first-order chi connectivity index (χ1) is 8.63. The highest BCUT2D eigenvalue weighted by Gasteiger charge is 2.06. The van der Waals surface area contributed by atoms with Crippen LogP contribution in [-0.4, -0.2) is 9.38 Å². The fourth-order valence-corrected chi connectivity index (χ4v) is 2.65. The number of imidazole rings is 1. The quantitative estimate of drug-likeness (QED) is 0.652. The van der Waals surface area contributed by atoms with E-state index in [0.29, 0.717) is 0 Å². The lowest BCUT2D eigenvalue weighted by atomic mass is 10.1. The molecule has 90 valence electrons. The Kier molecular flexibility index (Phi) is 2.71. The van der Waals surface area contributed by atoms with Crippen LogP contribution in [0, 0.1) is 13.8 Å². The molecule has 0 radical (unpaired) electrons. The maximum Gasteiger partial charge on any atom is 0.140 e. The minimum Gasteiger partial charge on any atom is -0.305 e. The van der Waals surface area contributed by atoms with E-state index < -0.39 is 0 Å². The van der Waals surface area contributed by atoms with E-state index in [9.17, 15) is 0 Å². The molecule has 0 aliphatic heterocycles. The molecule has 0 saturated carbocycles. The molecule has 18 heavy (non-hydrogen) atoms. The third-order valence-corrected chi connectivity index (χ3v) is 3.48. The Labute approximate surface area is 114 Å². The van der Waals surface area contributed by atoms with Crippen molar-refractivity contribution in [3.63, 3.8) is 0 Å². The molecular formula is C15H13BrN2. The molecule has 0 aliphatic carbocycles. The minimum absolute atomic E-state index is 1.01. The van der Waals surface area contributed by atoms with Crippen LogP contribution in [0.5, 0.6) is 0 Å². The molecule has 0 fully saturated rings. The van der Waals surface area contributed by atoms with E-state index in [2.05, 4.69) is 70.7 Å². The van der Waals surface area contributed by atoms with Crippen LogP contribution < -0.4 is 0 Å². The molecule has 2 nitrogen and oxygen atoms in total. The van der Waals surface area contributed by atoms with Crippen molar-refractivity contribution in [2.24, 2.45) is 0 Å². The molecule has 3 rings (SSSR count). The molecule has 0 saturated heterocycles. The second-order valence-corrected chi connectivity index (χ2v) is 5.48. The zero-order valence-corrected chi connectivity index (χ0v) is 11.9. The van der Waals surface area contributed by atoms with Crippen molar-refractivity contribution in [1.82, 2.24) is 9.38 Å². The van der Waals surface area contributed by atoms with Crippen LogP contribution in [0.25, 0.3) is 16.9 Å². The van der Waals surface area contributed by atoms with Gasteiger partial charge in [0.25, 0.3) is 0 Å². The van der Waals surface area contributed by atoms with Gasteiger partial charge in [0.15, 0.2) is 0 Å². The summed E-state index contributed by atoms with van der Waals surface area (Å²) in [5.41, 5.74) is 5.61. The van der Waals surface area contributed by atoms with Crippen LogP contribution in [0.4, 0.5) is 0 Å². The van der Waals surface area contributed by atoms with Gasteiger partial charge in [-0.1, -0.05) is 29.8 Å². The van der Waals surface area contributed by atoms with Gasteiger partial charge in [0.1, 0.15) is 5.65 Å². The Balaban J connectivity index is 2.19. The maximum absolute atomic E-state index is 4.70. The summed E-state index contributed by atoms with van der Waals surface area (Å²) in [5.74, 6) is 0. The Morgan fingerprint density at radius 3 is 2.50 bits per heavy atom. The largest absolute Gasteiger partial charge is 0.305 e. The lowest BCUT2D eigenvalue weighted by molar-refractivity contribution is 1.15. The predicted octanol–water partition coefficient (Wildman–Crippen LogP) is 4.38. The average Bonchev–Trinajstić information content (AvgIpc) is 2.74. The normalized spacial score (nSPS) is 11.1. The van der Waals surface area contributed by atoms with Gasteiger partial charge in [0, 0.05) is 22.4 Å². The minimum atomic E-state index is 1.01. The number of hydrogen-bond donors (Lipinski definition) is 0. The first-order valence-corrected chi connectivity index (χ1v) is 6.65. The van der Waals surface area contributed by atoms with Crippen LogP contribution in [0.2, 0.25) is 0 Å². The van der Waals surface area contributed by atoms with Crippen LogP contribution in [0.15, 0.2) is 47.2 Å². The van der Waals surface area contributed by atoms with Gasteiger partial charge >= 0.3 is 0 Å². The number of rotatable bonds is 1. The Hall–Kier alpha value is -1.61. The zero-order valence-electron chi connectivity index (χ0n) is 10.3. The molecule has 0 bridgehead atoms. The van der Waals surface area contributed by atoms with Gasteiger partial charge in [0.05, 0.1) is 5.69 Å². The molecule has 2 heterocycles. The lowest BCUT2D eigenvalue weighted by Gasteiger charge is -1.97. The smallest absolute Gasteiger partial charge is 0.140 e. The van der Waals surface area contributed by atoms with E-state index in [1.165, 1.54) is 11.1 Å². The van der Waals surface area contributed by atoms with Crippen molar-refractivity contribution >= 4 is 21.6 Å². The van der Waals surface area contributed by atoms with Crippen molar-refractivity contribution in [1.29, 1.82) is 0 Å². The van der Waals surface area contributed by atoms with Gasteiger partial charge < -0.3 is 4.40 Å². The summed E-state index contributed by atoms with van der Waals surface area (Å²) >= 11 is 3.51. The highest BCUT2D eigenvalue weighted by Crippen LogP contribution is 2.23. The summed E-state index contributed by atoms with van der Waals surface area (Å²) in [6.45, 7) is 4.17. The number of aromatic nitrogens is 2. The first-order valence-electron chi connectivity index (χ1n) is 5.85. The van der Waals surface area contributed by atoms with Gasteiger partial charge in [-0.05, 0) is 41.4 Å². The van der Waals surface area contributed by atoms with Crippen LogP contribution in [-0.2, 0) is 0 Å². The molecular weight excluding hydrogens is 288 g/mol. The number of pyridine rings is 1. The second kappa shape index (κ2) is 4.25. The molecule has 0 aliphatic rings. The molecule has 2 aromatic heterocycles. The third kappa shape index (κ3) is 1.95. The van der Waals surface area contributed by atoms with E-state index in [1.54, 1.807) is 0 Å². The lowest BCUT2D eigenvalue weighted by Crippen LogP contribution is -1.86. The maximum atomic E-state index is 4.70. The number of nitrogens with zero attached hydrogens (tertiary/aromatic N) is 2. The van der Waals surface area contributed by atoms with Crippen molar-refractivity contribution in [3.8, 4) is 11.3 Å². The van der Waals surface area contributed by atoms with Crippen molar-refractivity contribution in [2.75, 3.05) is 0 Å². The molecule has 0 spiro atoms. The number of fused-ring (bicyclic) bond motifs is 1. The van der Waals surface area contributed by atoms with Gasteiger partial charge in [0.2, 0.25) is 0 Å². The van der Waals surface area contributed by atoms with Gasteiger partial charge in [-0.15, -0.1) is 0 Å². The fourth-order valence-electron chi connectivity index (χ4n) is 2.09. The second-order valence-electron chi connectivity index (χ2n) is 4.56. The number of halogens is 1. The average molecular weight is 301 g/mol. The SMILES string of the molecule is Cc1ccc(-c2cn3cc(Br)cc(C)c3n2)cc1. The monoisotopic (exact) mass is 300 g/mol. The standard InChI is InChI=1S/C15H13BrN2/c1-10-3-5-12(6-4-10)14-9-18-8-13(16)7-11(2)15(18)17-14/h3-9H,1-2H3. The molecule has 3 aromatic rings. The van der Waals surface area contributed by atoms with Gasteiger partial charge in [-0.25, -0.2) is 4.98 Å². The molecule has 0 atom stereocenters. The third-order valence-electron chi connectivity index (χ3n) is 3.05. The van der Waals surface area contributed by atoms with Crippen LogP contribution in [0.3, 0.4) is 0 Å². The summed E-state index contributed by atoms with van der Waals surface area (Å²) < 4.78 is 3.13. The highest BCUT2D eigenvalue weighted by molar-refractivity contribution is 9.10. The Morgan fingerprint density at radius 2 is 1.78 bits per heavy atom. The summed E-state index contributed by atoms with van der Waals surface area (Å²) in [6.07, 6.45) is 4.10. The Bertz CT molecular complexity index is 711. The van der Waals surface area contributed by atoms with E-state index in [4.69, 9.17) is 4.98 Å². The van der Waals surface area contributed by atoms with Gasteiger partial charge in [-0.2, -0.15) is 0 Å². The number of hydrogen-bond acceptors (Lipinski definition) is 1. The van der Waals surface area contributed by atoms with Crippen molar-refractivity contribution in [3.05, 3.63) is 58.3 Å². The van der Waals surface area contributed by atoms with E-state index in [0.717, 1.165) is 21.4 Å². The first kappa shape index (κ1) is 11.5. The van der Waals surface area contributed by atoms with Crippen LogP contribution in [0.1, 0.15) is 11.1 Å². The molecule has 3 heteroatoms. The summed E-state index contributed by atoms with van der Waals surface area (Å²) in [4.78, 5) is 4.70. The summed E-state index contributed by atoms with van der Waals surface area (Å²) in [6, 6.07) is 10.5. The Morgan fingerprint density at radius 1 is 1.06 bits per heavy atom. The number of aryl methyl sites for hydroxylation is 2. The number of benzene rings is 1. The van der Waals surface area contributed by atoms with Crippen molar-refractivity contribution < 1.29 is 0 Å². The fraction of sp³-hybridized carbons (Fsp3) is 0.133. The molecule has 0 N–H and O–H groups in total. The van der Waals surface area contributed by atoms with E-state index in [1.807, 2.05) is 6.20 Å². The summed E-state index contributed by atoms with van der Waals surface area (Å²) in [7, 11) is 0. The van der Waals surface area contributed by atoms with E-state index >= 15 is 0 Å². The van der Waals surface area contributed by atoms with Crippen molar-refractivity contribution in [2.45, 2.75) is 13.8 Å².